The number of aromatic nitrogens is 1. The highest BCUT2D eigenvalue weighted by atomic mass is 16.5. The van der Waals surface area contributed by atoms with Crippen LogP contribution in [0, 0.1) is 0 Å². The Morgan fingerprint density at radius 1 is 1.45 bits per heavy atom. The molecule has 0 unspecified atom stereocenters. The zero-order chi connectivity index (χ0) is 14.5. The number of likely N-dealkylation sites (tertiary alicyclic amines) is 1. The molecule has 2 N–H and O–H groups in total. The summed E-state index contributed by atoms with van der Waals surface area (Å²) in [6, 6.07) is 5.30. The maximum absolute atomic E-state index is 11.8. The summed E-state index contributed by atoms with van der Waals surface area (Å²) in [5.74, 6) is 0.446. The lowest BCUT2D eigenvalue weighted by Gasteiger charge is -2.39. The van der Waals surface area contributed by atoms with Crippen molar-refractivity contribution in [2.75, 3.05) is 20.2 Å². The Hall–Kier alpha value is -2.31. The van der Waals surface area contributed by atoms with Crippen LogP contribution in [0.4, 0.5) is 4.79 Å². The van der Waals surface area contributed by atoms with Crippen molar-refractivity contribution in [3.63, 3.8) is 0 Å². The molecule has 0 atom stereocenters. The average molecular weight is 278 g/mol. The van der Waals surface area contributed by atoms with Gasteiger partial charge < -0.3 is 20.3 Å². The fourth-order valence-electron chi connectivity index (χ4n) is 1.97. The third kappa shape index (κ3) is 3.59. The van der Waals surface area contributed by atoms with Crippen LogP contribution in [0.25, 0.3) is 0 Å². The third-order valence-electron chi connectivity index (χ3n) is 2.99. The van der Waals surface area contributed by atoms with Crippen LogP contribution in [-0.2, 0) is 11.3 Å². The molecule has 7 heteroatoms. The summed E-state index contributed by atoms with van der Waals surface area (Å²) in [6.45, 7) is 2.89. The van der Waals surface area contributed by atoms with Crippen molar-refractivity contribution in [2.24, 2.45) is 0 Å². The van der Waals surface area contributed by atoms with Crippen LogP contribution < -0.4 is 15.4 Å². The quantitative estimate of drug-likeness (QED) is 0.819. The maximum Gasteiger partial charge on any atom is 0.317 e. The van der Waals surface area contributed by atoms with Crippen molar-refractivity contribution < 1.29 is 14.3 Å². The number of ether oxygens (including phenoxy) is 1. The first-order valence-corrected chi connectivity index (χ1v) is 6.38. The monoisotopic (exact) mass is 278 g/mol. The summed E-state index contributed by atoms with van der Waals surface area (Å²) < 4.78 is 5.02. The number of nitrogens with one attached hydrogen (secondary N) is 2. The lowest BCUT2D eigenvalue weighted by molar-refractivity contribution is -0.120. The topological polar surface area (TPSA) is 83.6 Å². The number of methoxy groups -OCH3 is 1. The Morgan fingerprint density at radius 3 is 2.85 bits per heavy atom. The second-order valence-corrected chi connectivity index (χ2v) is 4.63. The van der Waals surface area contributed by atoms with E-state index in [1.165, 1.54) is 6.92 Å². The second kappa shape index (κ2) is 6.23. The molecule has 1 aliphatic rings. The first kappa shape index (κ1) is 14.1. The van der Waals surface area contributed by atoms with Gasteiger partial charge in [0.05, 0.1) is 25.4 Å². The van der Waals surface area contributed by atoms with E-state index in [1.807, 2.05) is 12.1 Å². The maximum atomic E-state index is 11.8. The van der Waals surface area contributed by atoms with Crippen LogP contribution in [0.15, 0.2) is 18.2 Å². The molecule has 1 aliphatic heterocycles. The van der Waals surface area contributed by atoms with Crippen molar-refractivity contribution in [2.45, 2.75) is 19.5 Å². The van der Waals surface area contributed by atoms with Crippen LogP contribution in [0.5, 0.6) is 5.88 Å². The summed E-state index contributed by atoms with van der Waals surface area (Å²) in [4.78, 5) is 28.5. The number of carbonyl (C=O) groups excluding carboxylic acids is 2. The molecule has 0 aliphatic carbocycles. The minimum absolute atomic E-state index is 0.0631. The minimum Gasteiger partial charge on any atom is -0.481 e. The average Bonchev–Trinajstić information content (AvgIpc) is 2.39. The van der Waals surface area contributed by atoms with Gasteiger partial charge >= 0.3 is 6.03 Å². The van der Waals surface area contributed by atoms with E-state index >= 15 is 0 Å². The van der Waals surface area contributed by atoms with Gasteiger partial charge in [0.1, 0.15) is 0 Å². The Kier molecular flexibility index (Phi) is 4.39. The molecular weight excluding hydrogens is 260 g/mol. The highest BCUT2D eigenvalue weighted by Crippen LogP contribution is 2.09. The van der Waals surface area contributed by atoms with Gasteiger partial charge in [-0.05, 0) is 6.07 Å². The first-order chi connectivity index (χ1) is 9.58. The number of urea groups is 1. The molecule has 108 valence electrons. The molecular formula is C13H18N4O3. The fraction of sp³-hybridized carbons (Fsp3) is 0.462. The van der Waals surface area contributed by atoms with E-state index in [0.717, 1.165) is 5.69 Å². The molecule has 0 aromatic carbocycles. The van der Waals surface area contributed by atoms with Gasteiger partial charge in [-0.3, -0.25) is 4.79 Å². The predicted octanol–water partition coefficient (Wildman–Crippen LogP) is 0.120. The number of amides is 3. The van der Waals surface area contributed by atoms with Gasteiger partial charge in [-0.25, -0.2) is 9.78 Å². The van der Waals surface area contributed by atoms with Crippen molar-refractivity contribution in [3.8, 4) is 5.88 Å². The van der Waals surface area contributed by atoms with E-state index in [9.17, 15) is 9.59 Å². The normalized spacial score (nSPS) is 14.4. The summed E-state index contributed by atoms with van der Waals surface area (Å²) in [5, 5.41) is 5.55. The molecule has 2 heterocycles. The Morgan fingerprint density at radius 2 is 2.20 bits per heavy atom. The zero-order valence-electron chi connectivity index (χ0n) is 11.5. The summed E-state index contributed by atoms with van der Waals surface area (Å²) in [7, 11) is 1.55. The lowest BCUT2D eigenvalue weighted by atomic mass is 10.1. The molecule has 1 aromatic rings. The van der Waals surface area contributed by atoms with Crippen molar-refractivity contribution in [1.29, 1.82) is 0 Å². The van der Waals surface area contributed by atoms with Gasteiger partial charge in [0.2, 0.25) is 11.8 Å². The number of rotatable bonds is 4. The van der Waals surface area contributed by atoms with Crippen LogP contribution in [0.2, 0.25) is 0 Å². The van der Waals surface area contributed by atoms with Gasteiger partial charge in [-0.2, -0.15) is 0 Å². The number of carbonyl (C=O) groups is 2. The smallest absolute Gasteiger partial charge is 0.317 e. The zero-order valence-corrected chi connectivity index (χ0v) is 11.5. The van der Waals surface area contributed by atoms with E-state index in [1.54, 1.807) is 18.1 Å². The molecule has 2 rings (SSSR count). The van der Waals surface area contributed by atoms with Gasteiger partial charge in [0.25, 0.3) is 0 Å². The Balaban J connectivity index is 1.74. The number of hydrogen-bond donors (Lipinski definition) is 2. The van der Waals surface area contributed by atoms with Crippen LogP contribution in [-0.4, -0.2) is 48.1 Å². The number of nitrogens with zero attached hydrogens (tertiary/aromatic N) is 2. The number of pyridine rings is 1. The van der Waals surface area contributed by atoms with Crippen LogP contribution in [0.1, 0.15) is 12.6 Å². The Bertz CT molecular complexity index is 500. The van der Waals surface area contributed by atoms with Crippen molar-refractivity contribution >= 4 is 11.9 Å². The molecule has 1 aromatic heterocycles. The summed E-state index contributed by atoms with van der Waals surface area (Å²) in [6.07, 6.45) is 0. The predicted molar refractivity (Wildman–Crippen MR) is 72.2 cm³/mol. The molecule has 1 saturated heterocycles. The lowest BCUT2D eigenvalue weighted by Crippen LogP contribution is -2.62. The molecule has 20 heavy (non-hydrogen) atoms. The highest BCUT2D eigenvalue weighted by Gasteiger charge is 2.30. The minimum atomic E-state index is -0.156. The fourth-order valence-corrected chi connectivity index (χ4v) is 1.97. The largest absolute Gasteiger partial charge is 0.481 e. The van der Waals surface area contributed by atoms with Crippen LogP contribution >= 0.6 is 0 Å². The van der Waals surface area contributed by atoms with Gasteiger partial charge in [-0.15, -0.1) is 0 Å². The molecule has 0 saturated carbocycles. The van der Waals surface area contributed by atoms with Gasteiger partial charge in [0, 0.05) is 26.1 Å². The van der Waals surface area contributed by atoms with E-state index in [4.69, 9.17) is 4.74 Å². The number of hydrogen-bond acceptors (Lipinski definition) is 4. The van der Waals surface area contributed by atoms with Gasteiger partial charge in [-0.1, -0.05) is 6.07 Å². The van der Waals surface area contributed by atoms with Crippen LogP contribution in [0.3, 0.4) is 0 Å². The molecule has 0 bridgehead atoms. The highest BCUT2D eigenvalue weighted by molar-refractivity contribution is 5.77. The molecule has 0 spiro atoms. The molecule has 0 radical (unpaired) electrons. The molecule has 1 fully saturated rings. The Labute approximate surface area is 117 Å². The molecule has 7 nitrogen and oxygen atoms in total. The van der Waals surface area contributed by atoms with E-state index < -0.39 is 0 Å². The molecule has 3 amide bonds. The first-order valence-electron chi connectivity index (χ1n) is 6.38. The third-order valence-corrected chi connectivity index (χ3v) is 2.99. The summed E-state index contributed by atoms with van der Waals surface area (Å²) >= 11 is 0. The van der Waals surface area contributed by atoms with Gasteiger partial charge in [0.15, 0.2) is 0 Å². The van der Waals surface area contributed by atoms with E-state index in [2.05, 4.69) is 15.6 Å². The van der Waals surface area contributed by atoms with Crippen molar-refractivity contribution in [3.05, 3.63) is 23.9 Å². The second-order valence-electron chi connectivity index (χ2n) is 4.63. The SMILES string of the molecule is COc1cccc(CNC(=O)N2CC(NC(C)=O)C2)n1. The summed E-state index contributed by atoms with van der Waals surface area (Å²) in [5.41, 5.74) is 0.733. The van der Waals surface area contributed by atoms with Crippen molar-refractivity contribution in [1.82, 2.24) is 20.5 Å². The standard InChI is InChI=1S/C13H18N4O3/c1-9(18)15-11-7-17(8-11)13(19)14-6-10-4-3-5-12(16-10)20-2/h3-5,11H,6-8H2,1-2H3,(H,14,19)(H,15,18). The van der Waals surface area contributed by atoms with E-state index in [-0.39, 0.29) is 18.0 Å². The van der Waals surface area contributed by atoms with E-state index in [0.29, 0.717) is 25.5 Å².